The molecular formula is C11H9ClN2O3. The summed E-state index contributed by atoms with van der Waals surface area (Å²) in [6, 6.07) is 5.12. The van der Waals surface area contributed by atoms with Gasteiger partial charge in [-0.05, 0) is 25.1 Å². The fourth-order valence-corrected chi connectivity index (χ4v) is 1.78. The molecule has 0 aliphatic carbocycles. The van der Waals surface area contributed by atoms with Crippen LogP contribution in [-0.2, 0) is 0 Å². The molecular weight excluding hydrogens is 244 g/mol. The third kappa shape index (κ3) is 2.14. The summed E-state index contributed by atoms with van der Waals surface area (Å²) in [7, 11) is 0. The molecule has 2 rings (SSSR count). The van der Waals surface area contributed by atoms with E-state index in [2.05, 4.69) is 4.98 Å². The summed E-state index contributed by atoms with van der Waals surface area (Å²) in [5, 5.41) is 11.3. The van der Waals surface area contributed by atoms with Crippen molar-refractivity contribution in [3.63, 3.8) is 0 Å². The summed E-state index contributed by atoms with van der Waals surface area (Å²) < 4.78 is 5.31. The predicted molar refractivity (Wildman–Crippen MR) is 64.6 cm³/mol. The van der Waals surface area contributed by atoms with Gasteiger partial charge in [-0.15, -0.1) is 0 Å². The fourth-order valence-electron chi connectivity index (χ4n) is 1.51. The van der Waals surface area contributed by atoms with Crippen molar-refractivity contribution in [2.45, 2.75) is 6.92 Å². The van der Waals surface area contributed by atoms with E-state index >= 15 is 0 Å². The van der Waals surface area contributed by atoms with Crippen LogP contribution in [0.1, 0.15) is 6.92 Å². The number of nitrogens with zero attached hydrogens (tertiary/aromatic N) is 2. The quantitative estimate of drug-likeness (QED) is 0.621. The molecule has 0 N–H and O–H groups in total. The maximum atomic E-state index is 10.7. The van der Waals surface area contributed by atoms with Gasteiger partial charge in [-0.2, -0.15) is 0 Å². The van der Waals surface area contributed by atoms with Gasteiger partial charge >= 0.3 is 5.69 Å². The second kappa shape index (κ2) is 4.55. The fraction of sp³-hybridized carbons (Fsp3) is 0.182. The standard InChI is InChI=1S/C11H9ClN2O3/c1-2-17-7-3-4-9-8(5-7)11(12)10(6-13-9)14(15)16/h3-6H,2H2,1H3. The lowest BCUT2D eigenvalue weighted by molar-refractivity contribution is -0.384. The van der Waals surface area contributed by atoms with Crippen molar-refractivity contribution in [1.29, 1.82) is 0 Å². The van der Waals surface area contributed by atoms with Crippen molar-refractivity contribution in [2.24, 2.45) is 0 Å². The highest BCUT2D eigenvalue weighted by Gasteiger charge is 2.16. The lowest BCUT2D eigenvalue weighted by Gasteiger charge is -2.05. The van der Waals surface area contributed by atoms with Crippen LogP contribution < -0.4 is 4.74 Å². The van der Waals surface area contributed by atoms with E-state index in [1.54, 1.807) is 18.2 Å². The Morgan fingerprint density at radius 3 is 2.94 bits per heavy atom. The second-order valence-corrected chi connectivity index (χ2v) is 3.70. The molecule has 0 saturated heterocycles. The van der Waals surface area contributed by atoms with Crippen LogP contribution in [-0.4, -0.2) is 16.5 Å². The molecule has 6 heteroatoms. The van der Waals surface area contributed by atoms with E-state index in [-0.39, 0.29) is 10.7 Å². The van der Waals surface area contributed by atoms with Gasteiger partial charge < -0.3 is 4.74 Å². The molecule has 0 aliphatic heterocycles. The lowest BCUT2D eigenvalue weighted by atomic mass is 10.2. The molecule has 0 radical (unpaired) electrons. The molecule has 88 valence electrons. The smallest absolute Gasteiger partial charge is 0.306 e. The monoisotopic (exact) mass is 252 g/mol. The van der Waals surface area contributed by atoms with Gasteiger partial charge in [0, 0.05) is 5.39 Å². The van der Waals surface area contributed by atoms with Crippen molar-refractivity contribution in [2.75, 3.05) is 6.61 Å². The highest BCUT2D eigenvalue weighted by molar-refractivity contribution is 6.37. The third-order valence-electron chi connectivity index (χ3n) is 2.26. The van der Waals surface area contributed by atoms with Gasteiger partial charge in [0.2, 0.25) is 0 Å². The van der Waals surface area contributed by atoms with E-state index in [9.17, 15) is 10.1 Å². The van der Waals surface area contributed by atoms with Crippen LogP contribution in [0.4, 0.5) is 5.69 Å². The molecule has 0 saturated carbocycles. The second-order valence-electron chi connectivity index (χ2n) is 3.33. The van der Waals surface area contributed by atoms with Crippen molar-refractivity contribution < 1.29 is 9.66 Å². The van der Waals surface area contributed by atoms with Crippen molar-refractivity contribution in [3.05, 3.63) is 39.5 Å². The Balaban J connectivity index is 2.64. The largest absolute Gasteiger partial charge is 0.494 e. The van der Waals surface area contributed by atoms with Crippen LogP contribution in [0.25, 0.3) is 10.9 Å². The van der Waals surface area contributed by atoms with E-state index in [4.69, 9.17) is 16.3 Å². The van der Waals surface area contributed by atoms with Gasteiger partial charge in [-0.1, -0.05) is 11.6 Å². The summed E-state index contributed by atoms with van der Waals surface area (Å²) >= 11 is 5.97. The Hall–Kier alpha value is -1.88. The van der Waals surface area contributed by atoms with Crippen LogP contribution in [0, 0.1) is 10.1 Å². The SMILES string of the molecule is CCOc1ccc2ncc([N+](=O)[O-])c(Cl)c2c1. The zero-order valence-electron chi connectivity index (χ0n) is 9.01. The van der Waals surface area contributed by atoms with Crippen molar-refractivity contribution in [3.8, 4) is 5.75 Å². The Kier molecular flexibility index (Phi) is 3.10. The molecule has 1 aromatic heterocycles. The normalized spacial score (nSPS) is 10.5. The summed E-state index contributed by atoms with van der Waals surface area (Å²) in [5.41, 5.74) is 0.400. The molecule has 0 aliphatic rings. The summed E-state index contributed by atoms with van der Waals surface area (Å²) in [6.45, 7) is 2.38. The van der Waals surface area contributed by atoms with Gasteiger partial charge in [-0.25, -0.2) is 4.98 Å². The highest BCUT2D eigenvalue weighted by Crippen LogP contribution is 2.32. The van der Waals surface area contributed by atoms with Crippen molar-refractivity contribution in [1.82, 2.24) is 4.98 Å². The van der Waals surface area contributed by atoms with Crippen LogP contribution in [0.15, 0.2) is 24.4 Å². The van der Waals surface area contributed by atoms with E-state index in [0.717, 1.165) is 6.20 Å². The number of nitro groups is 1. The summed E-state index contributed by atoms with van der Waals surface area (Å²) in [4.78, 5) is 14.2. The zero-order valence-corrected chi connectivity index (χ0v) is 9.77. The molecule has 0 atom stereocenters. The molecule has 0 amide bonds. The third-order valence-corrected chi connectivity index (χ3v) is 2.66. The maximum absolute atomic E-state index is 10.7. The first kappa shape index (κ1) is 11.6. The molecule has 2 aromatic rings. The highest BCUT2D eigenvalue weighted by atomic mass is 35.5. The van der Waals surface area contributed by atoms with Crippen LogP contribution in [0.2, 0.25) is 5.02 Å². The van der Waals surface area contributed by atoms with Gasteiger partial charge in [0.25, 0.3) is 0 Å². The lowest BCUT2D eigenvalue weighted by Crippen LogP contribution is -1.94. The first-order valence-corrected chi connectivity index (χ1v) is 5.36. The first-order chi connectivity index (χ1) is 8.13. The maximum Gasteiger partial charge on any atom is 0.306 e. The minimum atomic E-state index is -0.553. The van der Waals surface area contributed by atoms with Crippen LogP contribution in [0.3, 0.4) is 0 Å². The Bertz CT molecular complexity index is 586. The Morgan fingerprint density at radius 1 is 1.53 bits per heavy atom. The zero-order chi connectivity index (χ0) is 12.4. The number of fused-ring (bicyclic) bond motifs is 1. The molecule has 1 heterocycles. The van der Waals surface area contributed by atoms with E-state index in [1.807, 2.05) is 6.92 Å². The first-order valence-electron chi connectivity index (χ1n) is 4.99. The molecule has 1 aromatic carbocycles. The van der Waals surface area contributed by atoms with Gasteiger partial charge in [0.05, 0.1) is 17.0 Å². The minimum Gasteiger partial charge on any atom is -0.494 e. The Labute approximate surface area is 102 Å². The number of halogens is 1. The number of ether oxygens (including phenoxy) is 1. The Morgan fingerprint density at radius 2 is 2.29 bits per heavy atom. The molecule has 0 spiro atoms. The van der Waals surface area contributed by atoms with E-state index in [0.29, 0.717) is 23.3 Å². The number of pyridine rings is 1. The number of rotatable bonds is 3. The van der Waals surface area contributed by atoms with Crippen LogP contribution >= 0.6 is 11.6 Å². The number of hydrogen-bond acceptors (Lipinski definition) is 4. The molecule has 17 heavy (non-hydrogen) atoms. The van der Waals surface area contributed by atoms with Gasteiger partial charge in [0.1, 0.15) is 17.0 Å². The minimum absolute atomic E-state index is 0.0848. The van der Waals surface area contributed by atoms with Gasteiger partial charge in [0.15, 0.2) is 0 Å². The molecule has 0 unspecified atom stereocenters. The number of hydrogen-bond donors (Lipinski definition) is 0. The average Bonchev–Trinajstić information content (AvgIpc) is 2.30. The topological polar surface area (TPSA) is 65.3 Å². The molecule has 5 nitrogen and oxygen atoms in total. The van der Waals surface area contributed by atoms with E-state index in [1.165, 1.54) is 0 Å². The van der Waals surface area contributed by atoms with Gasteiger partial charge in [-0.3, -0.25) is 10.1 Å². The number of aromatic nitrogens is 1. The van der Waals surface area contributed by atoms with Crippen LogP contribution in [0.5, 0.6) is 5.75 Å². The average molecular weight is 253 g/mol. The summed E-state index contributed by atoms with van der Waals surface area (Å²) in [6.07, 6.45) is 1.16. The molecule has 0 fully saturated rings. The number of benzene rings is 1. The van der Waals surface area contributed by atoms with E-state index < -0.39 is 4.92 Å². The predicted octanol–water partition coefficient (Wildman–Crippen LogP) is 3.20. The molecule has 0 bridgehead atoms. The van der Waals surface area contributed by atoms with Crippen molar-refractivity contribution >= 4 is 28.2 Å². The summed E-state index contributed by atoms with van der Waals surface area (Å²) in [5.74, 6) is 0.615.